The maximum atomic E-state index is 4.41. The van der Waals surface area contributed by atoms with Gasteiger partial charge in [0.1, 0.15) is 0 Å². The Labute approximate surface area is 115 Å². The van der Waals surface area contributed by atoms with Crippen LogP contribution in [0.15, 0.2) is 36.5 Å². The SMILES string of the molecule is CC(NCc1cnn(-c2ccccc2)n1)c1nn[nH]n1. The van der Waals surface area contributed by atoms with Crippen molar-refractivity contribution in [3.8, 4) is 5.69 Å². The van der Waals surface area contributed by atoms with Gasteiger partial charge >= 0.3 is 0 Å². The lowest BCUT2D eigenvalue weighted by Crippen LogP contribution is -2.19. The van der Waals surface area contributed by atoms with Crippen molar-refractivity contribution in [3.63, 3.8) is 0 Å². The number of para-hydroxylation sites is 1. The molecule has 102 valence electrons. The summed E-state index contributed by atoms with van der Waals surface area (Å²) in [5, 5.41) is 25.7. The van der Waals surface area contributed by atoms with E-state index >= 15 is 0 Å². The zero-order valence-electron chi connectivity index (χ0n) is 10.9. The number of aromatic amines is 1. The number of rotatable bonds is 5. The van der Waals surface area contributed by atoms with Gasteiger partial charge in [0.15, 0.2) is 5.82 Å². The molecule has 8 heteroatoms. The van der Waals surface area contributed by atoms with E-state index in [0.717, 1.165) is 11.4 Å². The van der Waals surface area contributed by atoms with Gasteiger partial charge in [0.05, 0.1) is 23.6 Å². The number of tetrazole rings is 1. The number of aromatic nitrogens is 7. The largest absolute Gasteiger partial charge is 0.302 e. The van der Waals surface area contributed by atoms with Crippen LogP contribution in [0.1, 0.15) is 24.5 Å². The second-order valence-corrected chi connectivity index (χ2v) is 4.33. The number of nitrogens with one attached hydrogen (secondary N) is 2. The number of nitrogens with zero attached hydrogens (tertiary/aromatic N) is 6. The average molecular weight is 270 g/mol. The fraction of sp³-hybridized carbons (Fsp3) is 0.250. The van der Waals surface area contributed by atoms with Crippen LogP contribution in [0.25, 0.3) is 5.69 Å². The van der Waals surface area contributed by atoms with Crippen LogP contribution >= 0.6 is 0 Å². The summed E-state index contributed by atoms with van der Waals surface area (Å²) >= 11 is 0. The molecule has 3 aromatic rings. The molecule has 0 aliphatic rings. The Morgan fingerprint density at radius 3 is 2.90 bits per heavy atom. The van der Waals surface area contributed by atoms with E-state index < -0.39 is 0 Å². The average Bonchev–Trinajstić information content (AvgIpc) is 3.17. The lowest BCUT2D eigenvalue weighted by atomic mass is 10.3. The predicted molar refractivity (Wildman–Crippen MR) is 70.8 cm³/mol. The van der Waals surface area contributed by atoms with E-state index in [1.54, 1.807) is 11.0 Å². The molecule has 3 rings (SSSR count). The minimum Gasteiger partial charge on any atom is -0.302 e. The first kappa shape index (κ1) is 12.4. The molecule has 20 heavy (non-hydrogen) atoms. The first-order chi connectivity index (χ1) is 9.83. The van der Waals surface area contributed by atoms with Crippen molar-refractivity contribution in [2.45, 2.75) is 19.5 Å². The summed E-state index contributed by atoms with van der Waals surface area (Å²) < 4.78 is 0. The lowest BCUT2D eigenvalue weighted by molar-refractivity contribution is 0.538. The van der Waals surface area contributed by atoms with Gasteiger partial charge < -0.3 is 5.32 Å². The van der Waals surface area contributed by atoms with Crippen LogP contribution in [0.4, 0.5) is 0 Å². The van der Waals surface area contributed by atoms with Crippen molar-refractivity contribution in [3.05, 3.63) is 48.0 Å². The molecule has 1 unspecified atom stereocenters. The van der Waals surface area contributed by atoms with Crippen LogP contribution in [0, 0.1) is 0 Å². The normalized spacial score (nSPS) is 12.4. The molecule has 0 aliphatic heterocycles. The molecule has 1 aromatic carbocycles. The Morgan fingerprint density at radius 1 is 1.30 bits per heavy atom. The first-order valence-corrected chi connectivity index (χ1v) is 6.26. The second-order valence-electron chi connectivity index (χ2n) is 4.33. The highest BCUT2D eigenvalue weighted by Crippen LogP contribution is 2.07. The highest BCUT2D eigenvalue weighted by Gasteiger charge is 2.10. The third-order valence-corrected chi connectivity index (χ3v) is 2.86. The molecule has 2 N–H and O–H groups in total. The van der Waals surface area contributed by atoms with Gasteiger partial charge in [-0.25, -0.2) is 0 Å². The number of hydrogen-bond acceptors (Lipinski definition) is 6. The van der Waals surface area contributed by atoms with Gasteiger partial charge in [-0.05, 0) is 19.1 Å². The Balaban J connectivity index is 1.63. The summed E-state index contributed by atoms with van der Waals surface area (Å²) in [6.45, 7) is 2.55. The quantitative estimate of drug-likeness (QED) is 0.705. The van der Waals surface area contributed by atoms with Crippen molar-refractivity contribution in [2.24, 2.45) is 0 Å². The molecule has 0 aliphatic carbocycles. The number of H-pyrrole nitrogens is 1. The summed E-state index contributed by atoms with van der Waals surface area (Å²) in [6, 6.07) is 9.78. The molecule has 2 aromatic heterocycles. The Hall–Kier alpha value is -2.61. The van der Waals surface area contributed by atoms with Gasteiger partial charge in [0, 0.05) is 6.54 Å². The standard InChI is InChI=1S/C12H14N8/c1-9(12-15-18-19-16-12)13-7-10-8-14-20(17-10)11-5-3-2-4-6-11/h2-6,8-9,13H,7H2,1H3,(H,15,16,18,19). The summed E-state index contributed by atoms with van der Waals surface area (Å²) in [7, 11) is 0. The zero-order chi connectivity index (χ0) is 13.8. The van der Waals surface area contributed by atoms with Crippen LogP contribution in [-0.2, 0) is 6.54 Å². The summed E-state index contributed by atoms with van der Waals surface area (Å²) in [5.41, 5.74) is 1.79. The van der Waals surface area contributed by atoms with Crippen molar-refractivity contribution in [2.75, 3.05) is 0 Å². The van der Waals surface area contributed by atoms with Crippen LogP contribution in [0.2, 0.25) is 0 Å². The first-order valence-electron chi connectivity index (χ1n) is 6.26. The summed E-state index contributed by atoms with van der Waals surface area (Å²) in [4.78, 5) is 1.61. The van der Waals surface area contributed by atoms with Crippen LogP contribution in [-0.4, -0.2) is 35.6 Å². The van der Waals surface area contributed by atoms with Crippen molar-refractivity contribution < 1.29 is 0 Å². The minimum atomic E-state index is -0.00405. The van der Waals surface area contributed by atoms with E-state index in [0.29, 0.717) is 12.4 Å². The molecule has 0 bridgehead atoms. The van der Waals surface area contributed by atoms with Crippen LogP contribution in [0.3, 0.4) is 0 Å². The highest BCUT2D eigenvalue weighted by atomic mass is 15.5. The predicted octanol–water partition coefficient (Wildman–Crippen LogP) is 0.631. The molecular weight excluding hydrogens is 256 g/mol. The molecule has 0 fully saturated rings. The van der Waals surface area contributed by atoms with Crippen molar-refractivity contribution in [1.82, 2.24) is 40.9 Å². The monoisotopic (exact) mass is 270 g/mol. The molecular formula is C12H14N8. The summed E-state index contributed by atoms with van der Waals surface area (Å²) in [5.74, 6) is 0.625. The molecule has 8 nitrogen and oxygen atoms in total. The fourth-order valence-electron chi connectivity index (χ4n) is 1.76. The van der Waals surface area contributed by atoms with Crippen molar-refractivity contribution >= 4 is 0 Å². The van der Waals surface area contributed by atoms with Gasteiger partial charge in [-0.3, -0.25) is 0 Å². The van der Waals surface area contributed by atoms with Gasteiger partial charge in [-0.2, -0.15) is 20.2 Å². The van der Waals surface area contributed by atoms with Gasteiger partial charge in [0.2, 0.25) is 0 Å². The van der Waals surface area contributed by atoms with Crippen LogP contribution < -0.4 is 5.32 Å². The van der Waals surface area contributed by atoms with E-state index in [9.17, 15) is 0 Å². The van der Waals surface area contributed by atoms with Gasteiger partial charge in [-0.1, -0.05) is 23.4 Å². The zero-order valence-corrected chi connectivity index (χ0v) is 10.9. The van der Waals surface area contributed by atoms with Gasteiger partial charge in [-0.15, -0.1) is 10.2 Å². The topological polar surface area (TPSA) is 97.2 Å². The second kappa shape index (κ2) is 5.57. The fourth-order valence-corrected chi connectivity index (χ4v) is 1.76. The maximum Gasteiger partial charge on any atom is 0.191 e. The summed E-state index contributed by atoms with van der Waals surface area (Å²) in [6.07, 6.45) is 1.74. The molecule has 0 saturated heterocycles. The van der Waals surface area contributed by atoms with Crippen molar-refractivity contribution in [1.29, 1.82) is 0 Å². The molecule has 0 spiro atoms. The Kier molecular flexibility index (Phi) is 3.46. The maximum absolute atomic E-state index is 4.41. The molecule has 0 saturated carbocycles. The van der Waals surface area contributed by atoms with E-state index in [4.69, 9.17) is 0 Å². The van der Waals surface area contributed by atoms with E-state index in [-0.39, 0.29) is 6.04 Å². The third-order valence-electron chi connectivity index (χ3n) is 2.86. The Morgan fingerprint density at radius 2 is 2.15 bits per heavy atom. The third kappa shape index (κ3) is 2.69. The van der Waals surface area contributed by atoms with E-state index in [1.807, 2.05) is 37.3 Å². The Bertz CT molecular complexity index is 645. The smallest absolute Gasteiger partial charge is 0.191 e. The molecule has 2 heterocycles. The molecule has 0 radical (unpaired) electrons. The number of benzene rings is 1. The van der Waals surface area contributed by atoms with E-state index in [2.05, 4.69) is 36.1 Å². The lowest BCUT2D eigenvalue weighted by Gasteiger charge is -2.07. The van der Waals surface area contributed by atoms with Crippen LogP contribution in [0.5, 0.6) is 0 Å². The molecule has 0 amide bonds. The highest BCUT2D eigenvalue weighted by molar-refractivity contribution is 5.28. The minimum absolute atomic E-state index is 0.00405. The molecule has 1 atom stereocenters. The number of hydrogen-bond donors (Lipinski definition) is 2. The van der Waals surface area contributed by atoms with E-state index in [1.165, 1.54) is 0 Å². The van der Waals surface area contributed by atoms with Gasteiger partial charge in [0.25, 0.3) is 0 Å².